The van der Waals surface area contributed by atoms with E-state index < -0.39 is 9.84 Å². The summed E-state index contributed by atoms with van der Waals surface area (Å²) in [7, 11) is -3.40. The van der Waals surface area contributed by atoms with Gasteiger partial charge in [0.1, 0.15) is 0 Å². The van der Waals surface area contributed by atoms with Gasteiger partial charge in [0.25, 0.3) is 5.91 Å². The van der Waals surface area contributed by atoms with Crippen molar-refractivity contribution in [3.05, 3.63) is 23.8 Å². The Kier molecular flexibility index (Phi) is 3.36. The highest BCUT2D eigenvalue weighted by atomic mass is 32.2. The standard InChI is InChI=1S/C15H22N2O3S/c1-14(2)13(15(14,3)4)17-12(18)9-6-10(16)8-11(7-9)21(5,19)20/h6-8,13H,16H2,1-5H3,(H,17,18). The number of nitrogen functional groups attached to an aromatic ring is 1. The second kappa shape index (κ2) is 4.47. The van der Waals surface area contributed by atoms with Gasteiger partial charge in [0.15, 0.2) is 9.84 Å². The molecule has 2 rings (SSSR count). The van der Waals surface area contributed by atoms with Gasteiger partial charge < -0.3 is 11.1 Å². The highest BCUT2D eigenvalue weighted by molar-refractivity contribution is 7.90. The normalized spacial score (nSPS) is 20.0. The molecule has 0 saturated heterocycles. The molecule has 1 aliphatic rings. The molecule has 0 aromatic heterocycles. The van der Waals surface area contributed by atoms with Gasteiger partial charge in [0.2, 0.25) is 0 Å². The first-order chi connectivity index (χ1) is 9.37. The van der Waals surface area contributed by atoms with Crippen LogP contribution in [0, 0.1) is 10.8 Å². The van der Waals surface area contributed by atoms with Gasteiger partial charge in [-0.1, -0.05) is 27.7 Å². The van der Waals surface area contributed by atoms with Crippen LogP contribution in [0.1, 0.15) is 38.1 Å². The molecule has 3 N–H and O–H groups in total. The molecule has 0 bridgehead atoms. The number of sulfone groups is 1. The van der Waals surface area contributed by atoms with E-state index in [2.05, 4.69) is 33.0 Å². The third-order valence-electron chi connectivity index (χ3n) is 4.92. The van der Waals surface area contributed by atoms with Crippen LogP contribution in [0.15, 0.2) is 23.1 Å². The quantitative estimate of drug-likeness (QED) is 0.834. The molecule has 1 aliphatic carbocycles. The number of carbonyl (C=O) groups excluding carboxylic acids is 1. The number of benzene rings is 1. The number of rotatable bonds is 3. The summed E-state index contributed by atoms with van der Waals surface area (Å²) in [6, 6.07) is 4.27. The molecule has 0 spiro atoms. The van der Waals surface area contributed by atoms with E-state index in [-0.39, 0.29) is 38.9 Å². The summed E-state index contributed by atoms with van der Waals surface area (Å²) in [5, 5.41) is 2.97. The van der Waals surface area contributed by atoms with Gasteiger partial charge >= 0.3 is 0 Å². The van der Waals surface area contributed by atoms with Crippen LogP contribution in [0.2, 0.25) is 0 Å². The van der Waals surface area contributed by atoms with Gasteiger partial charge in [-0.3, -0.25) is 4.79 Å². The minimum atomic E-state index is -3.40. The number of hydrogen-bond donors (Lipinski definition) is 2. The maximum atomic E-state index is 12.3. The van der Waals surface area contributed by atoms with Crippen LogP contribution in [-0.2, 0) is 9.84 Å². The lowest BCUT2D eigenvalue weighted by Gasteiger charge is -2.09. The van der Waals surface area contributed by atoms with E-state index in [0.29, 0.717) is 0 Å². The third-order valence-corrected chi connectivity index (χ3v) is 6.01. The van der Waals surface area contributed by atoms with Crippen LogP contribution in [0.4, 0.5) is 5.69 Å². The van der Waals surface area contributed by atoms with E-state index in [0.717, 1.165) is 6.26 Å². The first kappa shape index (κ1) is 15.8. The van der Waals surface area contributed by atoms with Gasteiger partial charge in [-0.15, -0.1) is 0 Å². The van der Waals surface area contributed by atoms with E-state index in [1.165, 1.54) is 18.2 Å². The highest BCUT2D eigenvalue weighted by Crippen LogP contribution is 2.62. The molecular weight excluding hydrogens is 288 g/mol. The lowest BCUT2D eigenvalue weighted by Crippen LogP contribution is -2.30. The Hall–Kier alpha value is -1.56. The van der Waals surface area contributed by atoms with Crippen molar-refractivity contribution >= 4 is 21.4 Å². The molecule has 1 fully saturated rings. The monoisotopic (exact) mass is 310 g/mol. The summed E-state index contributed by atoms with van der Waals surface area (Å²) in [6.45, 7) is 8.39. The molecule has 0 unspecified atom stereocenters. The van der Waals surface area contributed by atoms with Crippen molar-refractivity contribution < 1.29 is 13.2 Å². The largest absolute Gasteiger partial charge is 0.399 e. The number of nitrogens with two attached hydrogens (primary N) is 1. The van der Waals surface area contributed by atoms with E-state index in [1.807, 2.05) is 0 Å². The lowest BCUT2D eigenvalue weighted by molar-refractivity contribution is 0.0943. The zero-order valence-electron chi connectivity index (χ0n) is 13.0. The summed E-state index contributed by atoms with van der Waals surface area (Å²) in [5.74, 6) is -0.296. The number of nitrogens with one attached hydrogen (secondary N) is 1. The Morgan fingerprint density at radius 1 is 1.14 bits per heavy atom. The van der Waals surface area contributed by atoms with Crippen LogP contribution in [0.25, 0.3) is 0 Å². The topological polar surface area (TPSA) is 89.3 Å². The van der Waals surface area contributed by atoms with Gasteiger partial charge in [0.05, 0.1) is 4.90 Å². The van der Waals surface area contributed by atoms with Gasteiger partial charge in [0, 0.05) is 23.5 Å². The zero-order valence-corrected chi connectivity index (χ0v) is 13.8. The Balaban J connectivity index is 2.28. The molecule has 1 aromatic rings. The third kappa shape index (κ3) is 2.64. The van der Waals surface area contributed by atoms with Crippen molar-refractivity contribution in [1.82, 2.24) is 5.32 Å². The molecule has 1 aromatic carbocycles. The summed E-state index contributed by atoms with van der Waals surface area (Å²) in [6.07, 6.45) is 1.09. The van der Waals surface area contributed by atoms with Crippen molar-refractivity contribution in [2.45, 2.75) is 38.6 Å². The Bertz CT molecular complexity index is 692. The molecule has 0 atom stereocenters. The van der Waals surface area contributed by atoms with Gasteiger partial charge in [-0.25, -0.2) is 8.42 Å². The molecule has 5 nitrogen and oxygen atoms in total. The van der Waals surface area contributed by atoms with E-state index in [9.17, 15) is 13.2 Å². The van der Waals surface area contributed by atoms with Crippen molar-refractivity contribution in [2.75, 3.05) is 12.0 Å². The fourth-order valence-corrected chi connectivity index (χ4v) is 3.43. The first-order valence-electron chi connectivity index (χ1n) is 6.79. The zero-order chi connectivity index (χ0) is 16.2. The fraction of sp³-hybridized carbons (Fsp3) is 0.533. The minimum Gasteiger partial charge on any atom is -0.399 e. The van der Waals surface area contributed by atoms with Gasteiger partial charge in [-0.05, 0) is 29.0 Å². The van der Waals surface area contributed by atoms with Gasteiger partial charge in [-0.2, -0.15) is 0 Å². The molecule has 21 heavy (non-hydrogen) atoms. The summed E-state index contributed by atoms with van der Waals surface area (Å²) >= 11 is 0. The SMILES string of the molecule is CC1(C)C(NC(=O)c2cc(N)cc(S(C)(=O)=O)c2)C1(C)C. The molecule has 0 heterocycles. The minimum absolute atomic E-state index is 0.0165. The van der Waals surface area contributed by atoms with Crippen molar-refractivity contribution in [1.29, 1.82) is 0 Å². The number of hydrogen-bond acceptors (Lipinski definition) is 4. The second-order valence-corrected chi connectivity index (χ2v) is 8.93. The molecule has 0 aliphatic heterocycles. The molecule has 0 radical (unpaired) electrons. The first-order valence-corrected chi connectivity index (χ1v) is 8.68. The van der Waals surface area contributed by atoms with Crippen LogP contribution < -0.4 is 11.1 Å². The van der Waals surface area contributed by atoms with Crippen LogP contribution in [0.3, 0.4) is 0 Å². The fourth-order valence-electron chi connectivity index (χ4n) is 2.74. The lowest BCUT2D eigenvalue weighted by atomic mass is 10.0. The predicted molar refractivity (Wildman–Crippen MR) is 82.8 cm³/mol. The van der Waals surface area contributed by atoms with Crippen molar-refractivity contribution in [2.24, 2.45) is 10.8 Å². The van der Waals surface area contributed by atoms with E-state index in [4.69, 9.17) is 5.73 Å². The molecule has 1 saturated carbocycles. The average Bonchev–Trinajstić information content (AvgIpc) is 2.69. The molecule has 6 heteroatoms. The average molecular weight is 310 g/mol. The highest BCUT2D eigenvalue weighted by Gasteiger charge is 2.65. The van der Waals surface area contributed by atoms with Crippen LogP contribution in [0.5, 0.6) is 0 Å². The Labute approximate surface area is 125 Å². The van der Waals surface area contributed by atoms with Crippen molar-refractivity contribution in [3.8, 4) is 0 Å². The smallest absolute Gasteiger partial charge is 0.251 e. The van der Waals surface area contributed by atoms with E-state index in [1.54, 1.807) is 0 Å². The summed E-state index contributed by atoms with van der Waals surface area (Å²) in [5.41, 5.74) is 6.27. The predicted octanol–water partition coefficient (Wildman–Crippen LogP) is 1.84. The van der Waals surface area contributed by atoms with E-state index >= 15 is 0 Å². The molecule has 116 valence electrons. The Morgan fingerprint density at radius 3 is 2.10 bits per heavy atom. The molecule has 1 amide bonds. The molecular formula is C15H22N2O3S. The van der Waals surface area contributed by atoms with Crippen molar-refractivity contribution in [3.63, 3.8) is 0 Å². The van der Waals surface area contributed by atoms with Crippen LogP contribution >= 0.6 is 0 Å². The summed E-state index contributed by atoms with van der Waals surface area (Å²) < 4.78 is 23.2. The van der Waals surface area contributed by atoms with Crippen LogP contribution in [-0.4, -0.2) is 26.6 Å². The maximum Gasteiger partial charge on any atom is 0.251 e. The Morgan fingerprint density at radius 2 is 1.67 bits per heavy atom. The second-order valence-electron chi connectivity index (χ2n) is 6.91. The summed E-state index contributed by atoms with van der Waals surface area (Å²) in [4.78, 5) is 12.4. The number of anilines is 1. The number of amides is 1. The maximum absolute atomic E-state index is 12.3. The number of carbonyl (C=O) groups is 1.